The Morgan fingerprint density at radius 3 is 2.66 bits per heavy atom. The summed E-state index contributed by atoms with van der Waals surface area (Å²) in [5.41, 5.74) is 2.43. The molecule has 9 heteroatoms. The van der Waals surface area contributed by atoms with Crippen LogP contribution in [0.2, 0.25) is 0 Å². The Kier molecular flexibility index (Phi) is 5.97. The number of nitro benzene ring substituents is 1. The summed E-state index contributed by atoms with van der Waals surface area (Å²) < 4.78 is 4.75. The van der Waals surface area contributed by atoms with Crippen LogP contribution in [0.5, 0.6) is 0 Å². The molecule has 1 N–H and O–H groups in total. The quantitative estimate of drug-likeness (QED) is 0.277. The number of allylic oxidation sites excluding steroid dienone is 1. The van der Waals surface area contributed by atoms with Gasteiger partial charge in [0, 0.05) is 29.3 Å². The molecule has 0 aliphatic heterocycles. The van der Waals surface area contributed by atoms with Gasteiger partial charge in [0.2, 0.25) is 0 Å². The van der Waals surface area contributed by atoms with Crippen molar-refractivity contribution in [1.82, 2.24) is 4.98 Å². The largest absolute Gasteiger partial charge is 0.465 e. The minimum Gasteiger partial charge on any atom is -0.465 e. The number of para-hydroxylation sites is 1. The minimum absolute atomic E-state index is 0.00437. The smallest absolute Gasteiger partial charge is 0.339 e. The van der Waals surface area contributed by atoms with Crippen molar-refractivity contribution < 1.29 is 14.5 Å². The minimum atomic E-state index is -0.491. The Morgan fingerprint density at radius 1 is 1.28 bits per heavy atom. The topological polar surface area (TPSA) is 118 Å². The molecule has 0 aliphatic rings. The third kappa shape index (κ3) is 4.45. The normalized spacial score (nSPS) is 10.8. The van der Waals surface area contributed by atoms with E-state index < -0.39 is 10.9 Å². The Morgan fingerprint density at radius 2 is 2.00 bits per heavy atom. The van der Waals surface area contributed by atoms with Crippen LogP contribution in [0.3, 0.4) is 0 Å². The van der Waals surface area contributed by atoms with E-state index in [4.69, 9.17) is 4.74 Å². The van der Waals surface area contributed by atoms with Gasteiger partial charge in [-0.25, -0.2) is 9.78 Å². The summed E-state index contributed by atoms with van der Waals surface area (Å²) >= 11 is 1.27. The maximum atomic E-state index is 11.8. The van der Waals surface area contributed by atoms with Gasteiger partial charge in [-0.2, -0.15) is 5.26 Å². The molecule has 0 atom stereocenters. The van der Waals surface area contributed by atoms with Crippen molar-refractivity contribution in [3.05, 3.63) is 80.8 Å². The van der Waals surface area contributed by atoms with Crippen LogP contribution in [-0.2, 0) is 4.74 Å². The average molecular weight is 406 g/mol. The van der Waals surface area contributed by atoms with Crippen molar-refractivity contribution in [2.75, 3.05) is 12.4 Å². The van der Waals surface area contributed by atoms with Crippen molar-refractivity contribution in [2.45, 2.75) is 0 Å². The van der Waals surface area contributed by atoms with Crippen molar-refractivity contribution in [2.24, 2.45) is 0 Å². The second-order valence-corrected chi connectivity index (χ2v) is 6.55. The number of rotatable bonds is 6. The number of hydrogen-bond donors (Lipinski definition) is 1. The highest BCUT2D eigenvalue weighted by molar-refractivity contribution is 7.11. The molecular weight excluding hydrogens is 392 g/mol. The molecule has 29 heavy (non-hydrogen) atoms. The first-order valence-corrected chi connectivity index (χ1v) is 9.16. The lowest BCUT2D eigenvalue weighted by Gasteiger charge is -2.07. The standard InChI is InChI=1S/C20H14N4O4S/c1-28-20(25)16-4-2-3-5-17(16)22-11-14(10-21)19-23-18(12-29-19)13-6-8-15(9-7-13)24(26)27/h2-9,11-12,22H,1H3/b14-11-. The highest BCUT2D eigenvalue weighted by Crippen LogP contribution is 2.27. The third-order valence-corrected chi connectivity index (χ3v) is 4.81. The fourth-order valence-electron chi connectivity index (χ4n) is 2.47. The molecule has 0 amide bonds. The van der Waals surface area contributed by atoms with Gasteiger partial charge in [0.15, 0.2) is 0 Å². The number of carbonyl (C=O) groups excluding carboxylic acids is 1. The first-order valence-electron chi connectivity index (χ1n) is 8.28. The van der Waals surface area contributed by atoms with Gasteiger partial charge in [-0.15, -0.1) is 11.3 Å². The van der Waals surface area contributed by atoms with E-state index in [-0.39, 0.29) is 11.3 Å². The van der Waals surface area contributed by atoms with E-state index in [9.17, 15) is 20.2 Å². The molecule has 0 spiro atoms. The third-order valence-electron chi connectivity index (χ3n) is 3.93. The molecule has 0 saturated carbocycles. The summed E-state index contributed by atoms with van der Waals surface area (Å²) in [5.74, 6) is -0.491. The van der Waals surface area contributed by atoms with Gasteiger partial charge in [0.25, 0.3) is 5.69 Å². The molecule has 1 heterocycles. The lowest BCUT2D eigenvalue weighted by molar-refractivity contribution is -0.384. The molecule has 2 aromatic carbocycles. The van der Waals surface area contributed by atoms with Gasteiger partial charge in [0.05, 0.1) is 29.0 Å². The summed E-state index contributed by atoms with van der Waals surface area (Å²) in [4.78, 5) is 26.6. The molecule has 1 aromatic heterocycles. The number of aromatic nitrogens is 1. The fourth-order valence-corrected chi connectivity index (χ4v) is 3.27. The monoisotopic (exact) mass is 406 g/mol. The van der Waals surface area contributed by atoms with Gasteiger partial charge < -0.3 is 10.1 Å². The Hall–Kier alpha value is -4.03. The summed E-state index contributed by atoms with van der Waals surface area (Å²) in [6.07, 6.45) is 1.47. The number of nitro groups is 1. The number of anilines is 1. The second kappa shape index (κ2) is 8.77. The van der Waals surface area contributed by atoms with Crippen molar-refractivity contribution in [3.63, 3.8) is 0 Å². The van der Waals surface area contributed by atoms with E-state index in [1.807, 2.05) is 0 Å². The molecule has 0 aliphatic carbocycles. The van der Waals surface area contributed by atoms with Crippen LogP contribution in [-0.4, -0.2) is 23.0 Å². The average Bonchev–Trinajstić information content (AvgIpc) is 3.24. The summed E-state index contributed by atoms with van der Waals surface area (Å²) in [6, 6.07) is 14.9. The first kappa shape index (κ1) is 19.7. The number of ether oxygens (including phenoxy) is 1. The Balaban J connectivity index is 1.84. The van der Waals surface area contributed by atoms with E-state index in [0.717, 1.165) is 0 Å². The van der Waals surface area contributed by atoms with E-state index in [1.165, 1.54) is 36.8 Å². The number of thiazole rings is 1. The number of nitrogens with one attached hydrogen (secondary N) is 1. The van der Waals surface area contributed by atoms with Crippen LogP contribution < -0.4 is 5.32 Å². The predicted molar refractivity (Wildman–Crippen MR) is 109 cm³/mol. The van der Waals surface area contributed by atoms with Gasteiger partial charge in [0.1, 0.15) is 16.6 Å². The fraction of sp³-hybridized carbons (Fsp3) is 0.0500. The molecule has 0 fully saturated rings. The Labute approximate surface area is 169 Å². The van der Waals surface area contributed by atoms with Crippen LogP contribution in [0.4, 0.5) is 11.4 Å². The van der Waals surface area contributed by atoms with Crippen molar-refractivity contribution >= 4 is 34.3 Å². The molecule has 8 nitrogen and oxygen atoms in total. The summed E-state index contributed by atoms with van der Waals surface area (Å²) in [6.45, 7) is 0. The molecule has 3 rings (SSSR count). The van der Waals surface area contributed by atoms with Crippen LogP contribution in [0, 0.1) is 21.4 Å². The van der Waals surface area contributed by atoms with Crippen LogP contribution in [0.1, 0.15) is 15.4 Å². The zero-order valence-corrected chi connectivity index (χ0v) is 16.0. The number of non-ortho nitro benzene ring substituents is 1. The second-order valence-electron chi connectivity index (χ2n) is 5.69. The Bertz CT molecular complexity index is 1130. The first-order chi connectivity index (χ1) is 14.0. The predicted octanol–water partition coefficient (Wildman–Crippen LogP) is 4.48. The van der Waals surface area contributed by atoms with Gasteiger partial charge >= 0.3 is 5.97 Å². The van der Waals surface area contributed by atoms with Crippen molar-refractivity contribution in [1.29, 1.82) is 5.26 Å². The molecule has 144 valence electrons. The van der Waals surface area contributed by atoms with Crippen LogP contribution in [0.15, 0.2) is 60.1 Å². The molecular formula is C20H14N4O4S. The zero-order chi connectivity index (χ0) is 20.8. The molecule has 0 saturated heterocycles. The van der Waals surface area contributed by atoms with Gasteiger partial charge in [-0.1, -0.05) is 12.1 Å². The lowest BCUT2D eigenvalue weighted by atomic mass is 10.1. The van der Waals surface area contributed by atoms with E-state index in [1.54, 1.807) is 41.8 Å². The summed E-state index contributed by atoms with van der Waals surface area (Å²) in [7, 11) is 1.30. The molecule has 0 radical (unpaired) electrons. The number of nitrogens with zero attached hydrogens (tertiary/aromatic N) is 3. The highest BCUT2D eigenvalue weighted by Gasteiger charge is 2.13. The van der Waals surface area contributed by atoms with Gasteiger partial charge in [-0.05, 0) is 24.3 Å². The number of benzene rings is 2. The maximum absolute atomic E-state index is 11.8. The number of hydrogen-bond acceptors (Lipinski definition) is 8. The molecule has 3 aromatic rings. The van der Waals surface area contributed by atoms with Crippen molar-refractivity contribution in [3.8, 4) is 17.3 Å². The SMILES string of the molecule is COC(=O)c1ccccc1N/C=C(/C#N)c1nc(-c2ccc([N+](=O)[O-])cc2)cs1. The highest BCUT2D eigenvalue weighted by atomic mass is 32.1. The number of nitriles is 1. The zero-order valence-electron chi connectivity index (χ0n) is 15.2. The number of esters is 1. The van der Waals surface area contributed by atoms with E-state index >= 15 is 0 Å². The molecule has 0 bridgehead atoms. The number of methoxy groups -OCH3 is 1. The van der Waals surface area contributed by atoms with Gasteiger partial charge in [-0.3, -0.25) is 10.1 Å². The van der Waals surface area contributed by atoms with Crippen LogP contribution in [0.25, 0.3) is 16.8 Å². The number of carbonyl (C=O) groups is 1. The van der Waals surface area contributed by atoms with Crippen LogP contribution >= 0.6 is 11.3 Å². The molecule has 0 unspecified atom stereocenters. The van der Waals surface area contributed by atoms with E-state index in [0.29, 0.717) is 27.5 Å². The maximum Gasteiger partial charge on any atom is 0.339 e. The lowest BCUT2D eigenvalue weighted by Crippen LogP contribution is -2.05. The van der Waals surface area contributed by atoms with E-state index in [2.05, 4.69) is 16.4 Å². The summed E-state index contributed by atoms with van der Waals surface area (Å²) in [5, 5.41) is 25.5.